The Morgan fingerprint density at radius 1 is 0.735 bits per heavy atom. The molecule has 0 atom stereocenters. The molecule has 0 aromatic heterocycles. The summed E-state index contributed by atoms with van der Waals surface area (Å²) in [5, 5.41) is 0. The fourth-order valence-electron chi connectivity index (χ4n) is 6.14. The number of unbranched alkanes of at least 4 members (excludes halogenated alkanes) is 2. The standard InChI is InChI=1S/C29H41F5/c1-2-3-4-5-6-7-8-21-9-11-22(12-10-21)13-14-23-15-17-24(18-16-23)25-19-26(30)28(27(31)20-25)29(32,33)34/h3-4,19-24H,2,5-18H2,1H3/b4-3+. The van der Waals surface area contributed by atoms with Gasteiger partial charge >= 0.3 is 6.18 Å². The lowest BCUT2D eigenvalue weighted by atomic mass is 9.74. The fraction of sp³-hybridized carbons (Fsp3) is 0.724. The molecule has 192 valence electrons. The van der Waals surface area contributed by atoms with Crippen molar-refractivity contribution in [3.8, 4) is 0 Å². The van der Waals surface area contributed by atoms with Crippen molar-refractivity contribution in [2.24, 2.45) is 17.8 Å². The smallest absolute Gasteiger partial charge is 0.206 e. The lowest BCUT2D eigenvalue weighted by molar-refractivity contribution is -0.142. The van der Waals surface area contributed by atoms with Crippen LogP contribution in [0.4, 0.5) is 22.0 Å². The highest BCUT2D eigenvalue weighted by molar-refractivity contribution is 5.30. The molecule has 5 heteroatoms. The van der Waals surface area contributed by atoms with Crippen molar-refractivity contribution in [2.75, 3.05) is 0 Å². The summed E-state index contributed by atoms with van der Waals surface area (Å²) in [6.45, 7) is 2.17. The Balaban J connectivity index is 1.34. The van der Waals surface area contributed by atoms with E-state index in [1.807, 2.05) is 0 Å². The third-order valence-corrected chi connectivity index (χ3v) is 8.25. The van der Waals surface area contributed by atoms with Gasteiger partial charge in [0.2, 0.25) is 0 Å². The number of allylic oxidation sites excluding steroid dienone is 2. The molecule has 3 rings (SSSR count). The predicted octanol–water partition coefficient (Wildman–Crippen LogP) is 10.4. The highest BCUT2D eigenvalue weighted by Crippen LogP contribution is 2.42. The highest BCUT2D eigenvalue weighted by atomic mass is 19.4. The zero-order valence-electron chi connectivity index (χ0n) is 20.6. The van der Waals surface area contributed by atoms with Gasteiger partial charge in [0.05, 0.1) is 0 Å². The molecule has 0 radical (unpaired) electrons. The Kier molecular flexibility index (Phi) is 10.5. The number of rotatable bonds is 10. The molecule has 1 aromatic carbocycles. The second-order valence-corrected chi connectivity index (χ2v) is 10.7. The Bertz CT molecular complexity index is 742. The summed E-state index contributed by atoms with van der Waals surface area (Å²) < 4.78 is 66.4. The van der Waals surface area contributed by atoms with Crippen molar-refractivity contribution in [2.45, 2.75) is 115 Å². The molecule has 2 fully saturated rings. The van der Waals surface area contributed by atoms with Crippen LogP contribution in [0.15, 0.2) is 24.3 Å². The van der Waals surface area contributed by atoms with Crippen molar-refractivity contribution >= 4 is 0 Å². The van der Waals surface area contributed by atoms with Crippen LogP contribution in [-0.4, -0.2) is 0 Å². The quantitative estimate of drug-likeness (QED) is 0.176. The minimum Gasteiger partial charge on any atom is -0.206 e. The van der Waals surface area contributed by atoms with Gasteiger partial charge in [0, 0.05) is 0 Å². The Morgan fingerprint density at radius 3 is 1.74 bits per heavy atom. The zero-order chi connectivity index (χ0) is 24.6. The van der Waals surface area contributed by atoms with E-state index >= 15 is 0 Å². The summed E-state index contributed by atoms with van der Waals surface area (Å²) in [6, 6.07) is 1.80. The van der Waals surface area contributed by atoms with E-state index in [4.69, 9.17) is 0 Å². The lowest BCUT2D eigenvalue weighted by Gasteiger charge is -2.32. The van der Waals surface area contributed by atoms with Gasteiger partial charge in [-0.2, -0.15) is 13.2 Å². The van der Waals surface area contributed by atoms with Gasteiger partial charge in [-0.3, -0.25) is 0 Å². The van der Waals surface area contributed by atoms with Crippen LogP contribution in [0.1, 0.15) is 120 Å². The summed E-state index contributed by atoms with van der Waals surface area (Å²) in [5.41, 5.74) is -1.40. The Hall–Kier alpha value is -1.39. The maximum absolute atomic E-state index is 14.0. The molecule has 0 N–H and O–H groups in total. The minimum atomic E-state index is -5.00. The van der Waals surface area contributed by atoms with Crippen molar-refractivity contribution in [3.63, 3.8) is 0 Å². The zero-order valence-corrected chi connectivity index (χ0v) is 20.6. The summed E-state index contributed by atoms with van der Waals surface area (Å²) in [6.07, 6.45) is 17.4. The lowest BCUT2D eigenvalue weighted by Crippen LogP contribution is -2.18. The third-order valence-electron chi connectivity index (χ3n) is 8.25. The molecule has 0 nitrogen and oxygen atoms in total. The second kappa shape index (κ2) is 13.1. The molecule has 1 aromatic rings. The molecule has 2 saturated carbocycles. The first-order chi connectivity index (χ1) is 16.3. The molecule has 0 amide bonds. The topological polar surface area (TPSA) is 0 Å². The van der Waals surface area contributed by atoms with Gasteiger partial charge in [-0.15, -0.1) is 0 Å². The molecule has 2 aliphatic rings. The minimum absolute atomic E-state index is 0.0459. The van der Waals surface area contributed by atoms with Crippen LogP contribution < -0.4 is 0 Å². The predicted molar refractivity (Wildman–Crippen MR) is 129 cm³/mol. The molecule has 0 spiro atoms. The SMILES string of the molecule is CC/C=C/CCCCC1CCC(CCC2CCC(c3cc(F)c(C(F)(F)F)c(F)c3)CC2)CC1. The van der Waals surface area contributed by atoms with E-state index in [0.29, 0.717) is 11.5 Å². The summed E-state index contributed by atoms with van der Waals surface area (Å²) in [4.78, 5) is 0. The van der Waals surface area contributed by atoms with Crippen molar-refractivity contribution in [1.82, 2.24) is 0 Å². The Morgan fingerprint density at radius 2 is 1.24 bits per heavy atom. The van der Waals surface area contributed by atoms with Gasteiger partial charge in [-0.25, -0.2) is 8.78 Å². The number of hydrogen-bond acceptors (Lipinski definition) is 0. The molecular weight excluding hydrogens is 443 g/mol. The van der Waals surface area contributed by atoms with Gasteiger partial charge < -0.3 is 0 Å². The van der Waals surface area contributed by atoms with Gasteiger partial charge in [-0.1, -0.05) is 70.4 Å². The molecule has 0 aliphatic heterocycles. The summed E-state index contributed by atoms with van der Waals surface area (Å²) >= 11 is 0. The maximum atomic E-state index is 14.0. The van der Waals surface area contributed by atoms with E-state index in [-0.39, 0.29) is 5.92 Å². The van der Waals surface area contributed by atoms with E-state index in [9.17, 15) is 22.0 Å². The third kappa shape index (κ3) is 8.09. The summed E-state index contributed by atoms with van der Waals surface area (Å²) in [5.74, 6) is -0.655. The van der Waals surface area contributed by atoms with Crippen molar-refractivity contribution in [3.05, 3.63) is 47.0 Å². The molecule has 0 saturated heterocycles. The van der Waals surface area contributed by atoms with Crippen LogP contribution in [0, 0.1) is 29.4 Å². The van der Waals surface area contributed by atoms with Crippen molar-refractivity contribution in [1.29, 1.82) is 0 Å². The van der Waals surface area contributed by atoms with Gasteiger partial charge in [-0.05, 0) is 86.3 Å². The molecule has 0 unspecified atom stereocenters. The molecule has 0 bridgehead atoms. The van der Waals surface area contributed by atoms with Gasteiger partial charge in [0.1, 0.15) is 17.2 Å². The first kappa shape index (κ1) is 27.2. The molecule has 2 aliphatic carbocycles. The normalized spacial score (nSPS) is 26.3. The first-order valence-corrected chi connectivity index (χ1v) is 13.5. The van der Waals surface area contributed by atoms with Crippen LogP contribution in [-0.2, 0) is 6.18 Å². The van der Waals surface area contributed by atoms with Crippen LogP contribution >= 0.6 is 0 Å². The van der Waals surface area contributed by atoms with E-state index in [2.05, 4.69) is 19.1 Å². The van der Waals surface area contributed by atoms with E-state index < -0.39 is 23.4 Å². The first-order valence-electron chi connectivity index (χ1n) is 13.5. The van der Waals surface area contributed by atoms with Gasteiger partial charge in [0.15, 0.2) is 0 Å². The van der Waals surface area contributed by atoms with Crippen LogP contribution in [0.3, 0.4) is 0 Å². The van der Waals surface area contributed by atoms with E-state index in [1.54, 1.807) is 0 Å². The van der Waals surface area contributed by atoms with Crippen LogP contribution in [0.25, 0.3) is 0 Å². The largest absolute Gasteiger partial charge is 0.422 e. The second-order valence-electron chi connectivity index (χ2n) is 10.7. The van der Waals surface area contributed by atoms with E-state index in [0.717, 1.165) is 56.1 Å². The van der Waals surface area contributed by atoms with Crippen LogP contribution in [0.5, 0.6) is 0 Å². The number of alkyl halides is 3. The summed E-state index contributed by atoms with van der Waals surface area (Å²) in [7, 11) is 0. The average Bonchev–Trinajstić information content (AvgIpc) is 2.79. The number of hydrogen-bond donors (Lipinski definition) is 0. The molecule has 0 heterocycles. The van der Waals surface area contributed by atoms with E-state index in [1.165, 1.54) is 64.2 Å². The number of halogens is 5. The average molecular weight is 485 g/mol. The fourth-order valence-corrected chi connectivity index (χ4v) is 6.14. The Labute approximate surface area is 202 Å². The molecular formula is C29H41F5. The monoisotopic (exact) mass is 484 g/mol. The molecule has 34 heavy (non-hydrogen) atoms. The van der Waals surface area contributed by atoms with Crippen LogP contribution in [0.2, 0.25) is 0 Å². The van der Waals surface area contributed by atoms with Gasteiger partial charge in [0.25, 0.3) is 0 Å². The maximum Gasteiger partial charge on any atom is 0.422 e. The number of benzene rings is 1. The van der Waals surface area contributed by atoms with Crippen molar-refractivity contribution < 1.29 is 22.0 Å². The highest BCUT2D eigenvalue weighted by Gasteiger charge is 2.38.